The van der Waals surface area contributed by atoms with E-state index in [0.717, 1.165) is 53.7 Å². The van der Waals surface area contributed by atoms with Crippen molar-refractivity contribution < 1.29 is 14.3 Å². The maximum absolute atomic E-state index is 13.9. The van der Waals surface area contributed by atoms with Crippen LogP contribution in [0, 0.1) is 6.92 Å². The largest absolute Gasteiger partial charge is 0.497 e. The summed E-state index contributed by atoms with van der Waals surface area (Å²) in [5, 5.41) is 3.30. The summed E-state index contributed by atoms with van der Waals surface area (Å²) in [5.74, 6) is 0.625. The molecule has 5 heteroatoms. The summed E-state index contributed by atoms with van der Waals surface area (Å²) in [6.07, 6.45) is 6.19. The van der Waals surface area contributed by atoms with Gasteiger partial charge in [-0.15, -0.1) is 0 Å². The highest BCUT2D eigenvalue weighted by Gasteiger charge is 2.32. The van der Waals surface area contributed by atoms with Gasteiger partial charge in [-0.05, 0) is 48.6 Å². The second-order valence-corrected chi connectivity index (χ2v) is 10.1. The molecule has 1 N–H and O–H groups in total. The van der Waals surface area contributed by atoms with Crippen molar-refractivity contribution >= 4 is 11.8 Å². The number of ether oxygens (including phenoxy) is 1. The van der Waals surface area contributed by atoms with Crippen molar-refractivity contribution in [2.75, 3.05) is 7.11 Å². The number of rotatable bonds is 10. The molecule has 0 aromatic heterocycles. The fourth-order valence-electron chi connectivity index (χ4n) is 5.13. The van der Waals surface area contributed by atoms with Crippen LogP contribution in [0.1, 0.15) is 54.4 Å². The SMILES string of the molecule is COc1ccc(CC(=O)N(Cc2cccc(C)c2)[C@H](Cc2ccccc2)C(=O)NC2CCCCC2)cc1. The van der Waals surface area contributed by atoms with Crippen molar-refractivity contribution in [3.8, 4) is 5.75 Å². The van der Waals surface area contributed by atoms with Crippen LogP contribution < -0.4 is 10.1 Å². The summed E-state index contributed by atoms with van der Waals surface area (Å²) in [7, 11) is 1.63. The van der Waals surface area contributed by atoms with E-state index in [2.05, 4.69) is 11.4 Å². The predicted molar refractivity (Wildman–Crippen MR) is 147 cm³/mol. The molecule has 5 nitrogen and oxygen atoms in total. The van der Waals surface area contributed by atoms with Crippen LogP contribution in [-0.4, -0.2) is 35.9 Å². The third kappa shape index (κ3) is 7.69. The summed E-state index contributed by atoms with van der Waals surface area (Å²) in [5.41, 5.74) is 4.09. The van der Waals surface area contributed by atoms with Gasteiger partial charge in [-0.25, -0.2) is 0 Å². The van der Waals surface area contributed by atoms with Gasteiger partial charge in [0.1, 0.15) is 11.8 Å². The minimum absolute atomic E-state index is 0.0634. The average Bonchev–Trinajstić information content (AvgIpc) is 2.92. The second kappa shape index (κ2) is 13.1. The van der Waals surface area contributed by atoms with Crippen LogP contribution in [0.4, 0.5) is 0 Å². The third-order valence-corrected chi connectivity index (χ3v) is 7.17. The molecular weight excluding hydrogens is 460 g/mol. The first-order valence-corrected chi connectivity index (χ1v) is 13.3. The number of aryl methyl sites for hydroxylation is 1. The maximum Gasteiger partial charge on any atom is 0.243 e. The van der Waals surface area contributed by atoms with Crippen molar-refractivity contribution in [2.45, 2.75) is 70.5 Å². The Balaban J connectivity index is 1.64. The highest BCUT2D eigenvalue weighted by molar-refractivity contribution is 5.89. The Morgan fingerprint density at radius 2 is 1.59 bits per heavy atom. The molecule has 1 fully saturated rings. The lowest BCUT2D eigenvalue weighted by Crippen LogP contribution is -2.53. The zero-order chi connectivity index (χ0) is 26.0. The topological polar surface area (TPSA) is 58.6 Å². The van der Waals surface area contributed by atoms with Gasteiger partial charge in [0.05, 0.1) is 13.5 Å². The van der Waals surface area contributed by atoms with Gasteiger partial charge in [0.2, 0.25) is 11.8 Å². The quantitative estimate of drug-likeness (QED) is 0.394. The molecule has 0 radical (unpaired) electrons. The lowest BCUT2D eigenvalue weighted by molar-refractivity contribution is -0.141. The van der Waals surface area contributed by atoms with Gasteiger partial charge in [-0.2, -0.15) is 0 Å². The lowest BCUT2D eigenvalue weighted by atomic mass is 9.94. The number of benzene rings is 3. The zero-order valence-electron chi connectivity index (χ0n) is 22.0. The molecule has 0 saturated heterocycles. The minimum atomic E-state index is -0.601. The minimum Gasteiger partial charge on any atom is -0.497 e. The van der Waals surface area contributed by atoms with Crippen molar-refractivity contribution in [3.63, 3.8) is 0 Å². The summed E-state index contributed by atoms with van der Waals surface area (Å²) in [6, 6.07) is 25.3. The van der Waals surface area contributed by atoms with Crippen LogP contribution in [0.2, 0.25) is 0 Å². The molecule has 2 amide bonds. The fraction of sp³-hybridized carbons (Fsp3) is 0.375. The lowest BCUT2D eigenvalue weighted by Gasteiger charge is -2.33. The smallest absolute Gasteiger partial charge is 0.243 e. The number of amides is 2. The monoisotopic (exact) mass is 498 g/mol. The molecule has 3 aromatic rings. The molecule has 1 aliphatic rings. The highest BCUT2D eigenvalue weighted by Crippen LogP contribution is 2.21. The molecule has 0 unspecified atom stereocenters. The summed E-state index contributed by atoms with van der Waals surface area (Å²) < 4.78 is 5.27. The molecule has 4 rings (SSSR count). The van der Waals surface area contributed by atoms with Gasteiger partial charge in [0, 0.05) is 19.0 Å². The molecule has 194 valence electrons. The van der Waals surface area contributed by atoms with E-state index in [1.54, 1.807) is 12.0 Å². The number of carbonyl (C=O) groups is 2. The Hall–Kier alpha value is -3.60. The van der Waals surface area contributed by atoms with Gasteiger partial charge in [0.15, 0.2) is 0 Å². The Labute approximate surface area is 220 Å². The summed E-state index contributed by atoms with van der Waals surface area (Å²) in [6.45, 7) is 2.43. The van der Waals surface area contributed by atoms with Crippen molar-refractivity contribution in [2.24, 2.45) is 0 Å². The van der Waals surface area contributed by atoms with Gasteiger partial charge in [-0.1, -0.05) is 91.6 Å². The molecular formula is C32H38N2O3. The standard InChI is InChI=1S/C32H38N2O3/c1-24-10-9-13-27(20-24)23-34(31(35)22-26-16-18-29(37-2)19-17-26)30(21-25-11-5-3-6-12-25)32(36)33-28-14-7-4-8-15-28/h3,5-6,9-13,16-20,28,30H,4,7-8,14-15,21-23H2,1-2H3,(H,33,36)/t30-/m1/s1. The molecule has 1 saturated carbocycles. The van der Waals surface area contributed by atoms with Gasteiger partial charge < -0.3 is 15.0 Å². The second-order valence-electron chi connectivity index (χ2n) is 10.1. The Morgan fingerprint density at radius 3 is 2.27 bits per heavy atom. The molecule has 1 atom stereocenters. The maximum atomic E-state index is 13.9. The number of hydrogen-bond acceptors (Lipinski definition) is 3. The summed E-state index contributed by atoms with van der Waals surface area (Å²) >= 11 is 0. The van der Waals surface area contributed by atoms with Gasteiger partial charge in [-0.3, -0.25) is 9.59 Å². The van der Waals surface area contributed by atoms with Crippen molar-refractivity contribution in [1.29, 1.82) is 0 Å². The Morgan fingerprint density at radius 1 is 0.892 bits per heavy atom. The van der Waals surface area contributed by atoms with Crippen LogP contribution in [0.5, 0.6) is 5.75 Å². The van der Waals surface area contributed by atoms with Crippen molar-refractivity contribution in [1.82, 2.24) is 10.2 Å². The van der Waals surface area contributed by atoms with E-state index in [4.69, 9.17) is 4.74 Å². The van der Waals surface area contributed by atoms with Crippen LogP contribution in [-0.2, 0) is 29.0 Å². The molecule has 0 aliphatic heterocycles. The molecule has 0 bridgehead atoms. The number of carbonyl (C=O) groups excluding carboxylic acids is 2. The van der Waals surface area contributed by atoms with E-state index in [9.17, 15) is 9.59 Å². The molecule has 37 heavy (non-hydrogen) atoms. The third-order valence-electron chi connectivity index (χ3n) is 7.17. The van der Waals surface area contributed by atoms with Crippen molar-refractivity contribution in [3.05, 3.63) is 101 Å². The van der Waals surface area contributed by atoms with Crippen LogP contribution in [0.15, 0.2) is 78.9 Å². The first-order chi connectivity index (χ1) is 18.0. The van der Waals surface area contributed by atoms with E-state index in [1.807, 2.05) is 79.7 Å². The van der Waals surface area contributed by atoms with Crippen LogP contribution in [0.25, 0.3) is 0 Å². The average molecular weight is 499 g/mol. The fourth-order valence-corrected chi connectivity index (χ4v) is 5.13. The molecule has 0 spiro atoms. The van der Waals surface area contributed by atoms with E-state index in [-0.39, 0.29) is 24.3 Å². The van der Waals surface area contributed by atoms with E-state index in [1.165, 1.54) is 6.42 Å². The number of hydrogen-bond donors (Lipinski definition) is 1. The summed E-state index contributed by atoms with van der Waals surface area (Å²) in [4.78, 5) is 29.5. The molecule has 0 heterocycles. The normalized spacial score (nSPS) is 14.5. The van der Waals surface area contributed by atoms with Crippen LogP contribution in [0.3, 0.4) is 0 Å². The van der Waals surface area contributed by atoms with E-state index < -0.39 is 6.04 Å². The van der Waals surface area contributed by atoms with Gasteiger partial charge in [0.25, 0.3) is 0 Å². The Bertz CT molecular complexity index is 1150. The first kappa shape index (κ1) is 26.5. The number of nitrogens with zero attached hydrogens (tertiary/aromatic N) is 1. The molecule has 1 aliphatic carbocycles. The Kier molecular flexibility index (Phi) is 9.36. The zero-order valence-corrected chi connectivity index (χ0v) is 22.0. The van der Waals surface area contributed by atoms with Gasteiger partial charge >= 0.3 is 0 Å². The highest BCUT2D eigenvalue weighted by atomic mass is 16.5. The van der Waals surface area contributed by atoms with E-state index in [0.29, 0.717) is 13.0 Å². The molecule has 3 aromatic carbocycles. The van der Waals surface area contributed by atoms with E-state index >= 15 is 0 Å². The first-order valence-electron chi connectivity index (χ1n) is 13.3. The number of nitrogens with one attached hydrogen (secondary N) is 1. The number of methoxy groups -OCH3 is 1. The predicted octanol–water partition coefficient (Wildman–Crippen LogP) is 5.64. The van der Waals surface area contributed by atoms with Crippen LogP contribution >= 0.6 is 0 Å².